The summed E-state index contributed by atoms with van der Waals surface area (Å²) in [5, 5.41) is 3.28. The van der Waals surface area contributed by atoms with Crippen LogP contribution in [-0.2, 0) is 0 Å². The van der Waals surface area contributed by atoms with Crippen molar-refractivity contribution in [3.8, 4) is 0 Å². The van der Waals surface area contributed by atoms with Crippen LogP contribution in [0.3, 0.4) is 0 Å². The Morgan fingerprint density at radius 2 is 2.50 bits per heavy atom. The predicted octanol–water partition coefficient (Wildman–Crippen LogP) is 0.0717. The number of nitrogens with one attached hydrogen (secondary N) is 1. The van der Waals surface area contributed by atoms with E-state index in [1.165, 1.54) is 0 Å². The molecule has 0 aromatic heterocycles. The van der Waals surface area contributed by atoms with E-state index in [0.717, 1.165) is 19.6 Å². The summed E-state index contributed by atoms with van der Waals surface area (Å²) in [6.45, 7) is 5.44. The van der Waals surface area contributed by atoms with Crippen molar-refractivity contribution in [3.05, 3.63) is 7.05 Å². The van der Waals surface area contributed by atoms with E-state index >= 15 is 0 Å². The maximum atomic E-state index is 3.87. The summed E-state index contributed by atoms with van der Waals surface area (Å²) in [4.78, 5) is 2.12. The van der Waals surface area contributed by atoms with E-state index in [2.05, 4.69) is 24.2 Å². The van der Waals surface area contributed by atoms with Crippen molar-refractivity contribution in [1.82, 2.24) is 10.2 Å². The standard InChI is InChI=1S/C6H13N2/c1-6-5-7-3-4-8(6)2/h6-7H,2-5H2,1H3/q-1/t6-/m1/s1. The molecule has 1 saturated heterocycles. The van der Waals surface area contributed by atoms with Gasteiger partial charge in [0.05, 0.1) is 0 Å². The van der Waals surface area contributed by atoms with Crippen LogP contribution in [0.15, 0.2) is 0 Å². The van der Waals surface area contributed by atoms with Crippen molar-refractivity contribution < 1.29 is 0 Å². The number of hydrogen-bond donors (Lipinski definition) is 1. The van der Waals surface area contributed by atoms with Crippen LogP contribution >= 0.6 is 0 Å². The number of piperazine rings is 1. The van der Waals surface area contributed by atoms with Gasteiger partial charge in [-0.3, -0.25) is 7.05 Å². The lowest BCUT2D eigenvalue weighted by Crippen LogP contribution is -2.46. The van der Waals surface area contributed by atoms with Crippen LogP contribution in [-0.4, -0.2) is 30.6 Å². The van der Waals surface area contributed by atoms with Gasteiger partial charge in [-0.25, -0.2) is 0 Å². The van der Waals surface area contributed by atoms with Gasteiger partial charge >= 0.3 is 0 Å². The third kappa shape index (κ3) is 1.20. The van der Waals surface area contributed by atoms with Crippen molar-refractivity contribution in [2.75, 3.05) is 19.6 Å². The molecule has 8 heavy (non-hydrogen) atoms. The SMILES string of the molecule is [CH2-]N1CCNC[C@H]1C. The zero-order chi connectivity index (χ0) is 5.98. The third-order valence-corrected chi connectivity index (χ3v) is 1.64. The van der Waals surface area contributed by atoms with Crippen LogP contribution in [0.4, 0.5) is 0 Å². The molecule has 1 N–H and O–H groups in total. The van der Waals surface area contributed by atoms with Crippen LogP contribution in [0.25, 0.3) is 0 Å². The molecule has 0 amide bonds. The highest BCUT2D eigenvalue weighted by Crippen LogP contribution is 1.97. The summed E-state index contributed by atoms with van der Waals surface area (Å²) in [5.74, 6) is 0. The minimum atomic E-state index is 0.615. The Hall–Kier alpha value is -0.0800. The zero-order valence-electron chi connectivity index (χ0n) is 5.35. The fraction of sp³-hybridized carbons (Fsp3) is 0.833. The summed E-state index contributed by atoms with van der Waals surface area (Å²) in [6.07, 6.45) is 0. The lowest BCUT2D eigenvalue weighted by molar-refractivity contribution is 0.240. The smallest absolute Gasteiger partial charge is 0.00817 e. The minimum absolute atomic E-state index is 0.615. The highest BCUT2D eigenvalue weighted by molar-refractivity contribution is 4.74. The van der Waals surface area contributed by atoms with E-state index in [0.29, 0.717) is 6.04 Å². The summed E-state index contributed by atoms with van der Waals surface area (Å²) in [6, 6.07) is 0.615. The van der Waals surface area contributed by atoms with E-state index in [-0.39, 0.29) is 0 Å². The molecule has 0 radical (unpaired) electrons. The molecule has 0 saturated carbocycles. The summed E-state index contributed by atoms with van der Waals surface area (Å²) >= 11 is 0. The van der Waals surface area contributed by atoms with Crippen LogP contribution in [0.2, 0.25) is 0 Å². The second kappa shape index (κ2) is 2.46. The lowest BCUT2D eigenvalue weighted by Gasteiger charge is -2.37. The Kier molecular flexibility index (Phi) is 1.86. The Labute approximate surface area is 50.9 Å². The molecule has 1 heterocycles. The largest absolute Gasteiger partial charge is 0.455 e. The molecule has 48 valence electrons. The summed E-state index contributed by atoms with van der Waals surface area (Å²) < 4.78 is 0. The van der Waals surface area contributed by atoms with Crippen molar-refractivity contribution in [1.29, 1.82) is 0 Å². The van der Waals surface area contributed by atoms with E-state index in [4.69, 9.17) is 0 Å². The van der Waals surface area contributed by atoms with Gasteiger partial charge in [0, 0.05) is 13.1 Å². The van der Waals surface area contributed by atoms with Gasteiger partial charge in [-0.05, 0) is 12.6 Å². The third-order valence-electron chi connectivity index (χ3n) is 1.64. The molecule has 1 fully saturated rings. The minimum Gasteiger partial charge on any atom is -0.455 e. The molecule has 0 aromatic rings. The van der Waals surface area contributed by atoms with Gasteiger partial charge in [-0.2, -0.15) is 0 Å². The molecule has 0 aliphatic carbocycles. The highest BCUT2D eigenvalue weighted by Gasteiger charge is 2.06. The first-order valence-corrected chi connectivity index (χ1v) is 3.08. The van der Waals surface area contributed by atoms with E-state index in [1.54, 1.807) is 0 Å². The normalized spacial score (nSPS) is 33.0. The molecule has 0 spiro atoms. The molecule has 0 bridgehead atoms. The first-order valence-electron chi connectivity index (χ1n) is 3.08. The second-order valence-electron chi connectivity index (χ2n) is 2.37. The monoisotopic (exact) mass is 113 g/mol. The van der Waals surface area contributed by atoms with E-state index in [1.807, 2.05) is 0 Å². The van der Waals surface area contributed by atoms with Crippen molar-refractivity contribution in [3.63, 3.8) is 0 Å². The average Bonchev–Trinajstić information content (AvgIpc) is 1.77. The molecule has 1 rings (SSSR count). The molecule has 1 aliphatic heterocycles. The van der Waals surface area contributed by atoms with Crippen LogP contribution < -0.4 is 5.32 Å². The summed E-state index contributed by atoms with van der Waals surface area (Å²) in [7, 11) is 3.87. The molecule has 2 nitrogen and oxygen atoms in total. The Bertz CT molecular complexity index is 62.9. The Balaban J connectivity index is 2.28. The van der Waals surface area contributed by atoms with Gasteiger partial charge in [0.25, 0.3) is 0 Å². The average molecular weight is 113 g/mol. The van der Waals surface area contributed by atoms with Crippen LogP contribution in [0, 0.1) is 7.05 Å². The quantitative estimate of drug-likeness (QED) is 0.447. The van der Waals surface area contributed by atoms with Crippen molar-refractivity contribution in [2.24, 2.45) is 0 Å². The second-order valence-corrected chi connectivity index (χ2v) is 2.37. The highest BCUT2D eigenvalue weighted by atomic mass is 15.2. The molecular weight excluding hydrogens is 100 g/mol. The number of nitrogens with zero attached hydrogens (tertiary/aromatic N) is 1. The van der Waals surface area contributed by atoms with E-state index in [9.17, 15) is 0 Å². The molecular formula is C6H13N2-. The molecule has 0 unspecified atom stereocenters. The maximum absolute atomic E-state index is 3.87. The topological polar surface area (TPSA) is 15.3 Å². The van der Waals surface area contributed by atoms with Gasteiger partial charge in [0.15, 0.2) is 0 Å². The van der Waals surface area contributed by atoms with Crippen molar-refractivity contribution >= 4 is 0 Å². The number of rotatable bonds is 0. The molecule has 2 heteroatoms. The predicted molar refractivity (Wildman–Crippen MR) is 34.4 cm³/mol. The Morgan fingerprint density at radius 3 is 2.88 bits per heavy atom. The van der Waals surface area contributed by atoms with Gasteiger partial charge in [0.1, 0.15) is 0 Å². The van der Waals surface area contributed by atoms with Crippen molar-refractivity contribution in [2.45, 2.75) is 13.0 Å². The van der Waals surface area contributed by atoms with Gasteiger partial charge in [-0.15, -0.1) is 0 Å². The fourth-order valence-corrected chi connectivity index (χ4v) is 0.883. The van der Waals surface area contributed by atoms with E-state index < -0.39 is 0 Å². The van der Waals surface area contributed by atoms with Crippen LogP contribution in [0.1, 0.15) is 6.92 Å². The fourth-order valence-electron chi connectivity index (χ4n) is 0.883. The van der Waals surface area contributed by atoms with Gasteiger partial charge in [0.2, 0.25) is 0 Å². The summed E-state index contributed by atoms with van der Waals surface area (Å²) in [5.41, 5.74) is 0. The zero-order valence-corrected chi connectivity index (χ0v) is 5.35. The van der Waals surface area contributed by atoms with Gasteiger partial charge < -0.3 is 10.2 Å². The molecule has 1 aliphatic rings. The first kappa shape index (κ1) is 6.05. The Morgan fingerprint density at radius 1 is 1.75 bits per heavy atom. The molecule has 1 atom stereocenters. The van der Waals surface area contributed by atoms with Gasteiger partial charge in [-0.1, -0.05) is 6.92 Å². The number of hydrogen-bond acceptors (Lipinski definition) is 2. The first-order chi connectivity index (χ1) is 3.80. The molecule has 0 aromatic carbocycles. The maximum Gasteiger partial charge on any atom is 0.00817 e. The lowest BCUT2D eigenvalue weighted by atomic mass is 10.2. The van der Waals surface area contributed by atoms with Crippen LogP contribution in [0.5, 0.6) is 0 Å².